The van der Waals surface area contributed by atoms with E-state index in [1.807, 2.05) is 18.2 Å². The summed E-state index contributed by atoms with van der Waals surface area (Å²) in [7, 11) is 0. The Labute approximate surface area is 180 Å². The van der Waals surface area contributed by atoms with Crippen molar-refractivity contribution in [2.24, 2.45) is 0 Å². The van der Waals surface area contributed by atoms with Crippen molar-refractivity contribution in [1.82, 2.24) is 10.9 Å². The third-order valence-electron chi connectivity index (χ3n) is 4.18. The lowest BCUT2D eigenvalue weighted by Crippen LogP contribution is -2.43. The third kappa shape index (κ3) is 7.42. The van der Waals surface area contributed by atoms with Crippen LogP contribution >= 0.6 is 15.9 Å². The molecule has 2 aromatic rings. The van der Waals surface area contributed by atoms with Crippen molar-refractivity contribution in [3.05, 3.63) is 58.1 Å². The van der Waals surface area contributed by atoms with Crippen LogP contribution < -0.4 is 20.3 Å². The highest BCUT2D eigenvalue weighted by Gasteiger charge is 2.10. The van der Waals surface area contributed by atoms with Gasteiger partial charge in [0.2, 0.25) is 0 Å². The number of rotatable bonds is 9. The second-order valence-electron chi connectivity index (χ2n) is 6.86. The zero-order valence-corrected chi connectivity index (χ0v) is 18.5. The minimum atomic E-state index is -0.460. The molecule has 0 aliphatic rings. The molecule has 0 radical (unpaired) electrons. The number of halogens is 1. The number of ether oxygens (including phenoxy) is 2. The molecule has 0 heterocycles. The van der Waals surface area contributed by atoms with Crippen molar-refractivity contribution in [3.8, 4) is 11.5 Å². The molecule has 0 unspecified atom stereocenters. The molecule has 0 saturated heterocycles. The molecule has 6 nitrogen and oxygen atoms in total. The highest BCUT2D eigenvalue weighted by molar-refractivity contribution is 9.10. The van der Waals surface area contributed by atoms with Gasteiger partial charge in [-0.05, 0) is 70.2 Å². The fourth-order valence-electron chi connectivity index (χ4n) is 2.41. The maximum atomic E-state index is 12.1. The molecule has 0 aromatic heterocycles. The first kappa shape index (κ1) is 22.7. The van der Waals surface area contributed by atoms with E-state index in [1.54, 1.807) is 24.3 Å². The average molecular weight is 463 g/mol. The van der Waals surface area contributed by atoms with Crippen LogP contribution in [0.5, 0.6) is 11.5 Å². The zero-order valence-electron chi connectivity index (χ0n) is 17.0. The molecule has 0 bridgehead atoms. The summed E-state index contributed by atoms with van der Waals surface area (Å²) in [5.74, 6) is 0.797. The molecule has 0 fully saturated rings. The van der Waals surface area contributed by atoms with Gasteiger partial charge in [0.05, 0.1) is 11.1 Å². The molecule has 0 saturated carbocycles. The number of hydrogen-bond donors (Lipinski definition) is 2. The van der Waals surface area contributed by atoms with Gasteiger partial charge in [-0.15, -0.1) is 0 Å². The second kappa shape index (κ2) is 11.5. The Hall–Kier alpha value is -2.54. The molecule has 0 spiro atoms. The monoisotopic (exact) mass is 462 g/mol. The molecular formula is C22H27BrN2O4. The summed E-state index contributed by atoms with van der Waals surface area (Å²) in [5, 5.41) is 0. The standard InChI is InChI=1S/C22H27BrN2O4/c1-4-5-12-28-18-9-6-16(7-10-18)22(27)25-24-21(26)14-29-20-11-8-17(15(2)3)13-19(20)23/h6-11,13,15H,4-5,12,14H2,1-3H3,(H,24,26)(H,25,27). The van der Waals surface area contributed by atoms with E-state index in [2.05, 4.69) is 47.6 Å². The van der Waals surface area contributed by atoms with Gasteiger partial charge in [0.15, 0.2) is 6.61 Å². The van der Waals surface area contributed by atoms with Crippen molar-refractivity contribution >= 4 is 27.7 Å². The Bertz CT molecular complexity index is 822. The first-order valence-electron chi connectivity index (χ1n) is 9.65. The third-order valence-corrected chi connectivity index (χ3v) is 4.80. The highest BCUT2D eigenvalue weighted by atomic mass is 79.9. The van der Waals surface area contributed by atoms with Crippen LogP contribution in [0.2, 0.25) is 0 Å². The second-order valence-corrected chi connectivity index (χ2v) is 7.72. The maximum absolute atomic E-state index is 12.1. The average Bonchev–Trinajstić information content (AvgIpc) is 2.71. The lowest BCUT2D eigenvalue weighted by atomic mass is 10.0. The Kier molecular flexibility index (Phi) is 8.99. The molecule has 2 rings (SSSR count). The van der Waals surface area contributed by atoms with Crippen LogP contribution in [-0.4, -0.2) is 25.0 Å². The molecule has 2 aromatic carbocycles. The number of hydrazine groups is 1. The summed E-state index contributed by atoms with van der Waals surface area (Å²) in [6.07, 6.45) is 2.04. The topological polar surface area (TPSA) is 76.7 Å². The number of carbonyl (C=O) groups excluding carboxylic acids is 2. The van der Waals surface area contributed by atoms with Gasteiger partial charge < -0.3 is 9.47 Å². The van der Waals surface area contributed by atoms with Crippen LogP contribution in [-0.2, 0) is 4.79 Å². The lowest BCUT2D eigenvalue weighted by molar-refractivity contribution is -0.123. The first-order chi connectivity index (χ1) is 13.9. The number of hydrogen-bond acceptors (Lipinski definition) is 4. The maximum Gasteiger partial charge on any atom is 0.276 e. The van der Waals surface area contributed by atoms with Gasteiger partial charge in [-0.2, -0.15) is 0 Å². The number of nitrogens with one attached hydrogen (secondary N) is 2. The SMILES string of the molecule is CCCCOc1ccc(C(=O)NNC(=O)COc2ccc(C(C)C)cc2Br)cc1. The molecular weight excluding hydrogens is 436 g/mol. The van der Waals surface area contributed by atoms with Crippen LogP contribution in [0.1, 0.15) is 55.5 Å². The van der Waals surface area contributed by atoms with E-state index in [0.29, 0.717) is 29.6 Å². The Morgan fingerprint density at radius 1 is 1.03 bits per heavy atom. The Balaban J connectivity index is 1.78. The fraction of sp³-hybridized carbons (Fsp3) is 0.364. The van der Waals surface area contributed by atoms with Gasteiger partial charge in [-0.1, -0.05) is 33.3 Å². The summed E-state index contributed by atoms with van der Waals surface area (Å²) in [6, 6.07) is 12.5. The van der Waals surface area contributed by atoms with E-state index < -0.39 is 11.8 Å². The van der Waals surface area contributed by atoms with E-state index in [0.717, 1.165) is 17.3 Å². The van der Waals surface area contributed by atoms with Gasteiger partial charge >= 0.3 is 0 Å². The summed E-state index contributed by atoms with van der Waals surface area (Å²) < 4.78 is 11.8. The van der Waals surface area contributed by atoms with E-state index >= 15 is 0 Å². The minimum absolute atomic E-state index is 0.218. The molecule has 156 valence electrons. The van der Waals surface area contributed by atoms with Gasteiger partial charge in [-0.3, -0.25) is 20.4 Å². The van der Waals surface area contributed by atoms with Crippen molar-refractivity contribution in [1.29, 1.82) is 0 Å². The van der Waals surface area contributed by atoms with Crippen molar-refractivity contribution in [3.63, 3.8) is 0 Å². The lowest BCUT2D eigenvalue weighted by Gasteiger charge is -2.12. The predicted molar refractivity (Wildman–Crippen MR) is 116 cm³/mol. The fourth-order valence-corrected chi connectivity index (χ4v) is 2.92. The molecule has 0 aliphatic carbocycles. The normalized spacial score (nSPS) is 10.5. The smallest absolute Gasteiger partial charge is 0.276 e. The van der Waals surface area contributed by atoms with E-state index in [1.165, 1.54) is 5.56 Å². The number of benzene rings is 2. The van der Waals surface area contributed by atoms with Crippen molar-refractivity contribution in [2.45, 2.75) is 39.5 Å². The van der Waals surface area contributed by atoms with E-state index in [-0.39, 0.29) is 6.61 Å². The summed E-state index contributed by atoms with van der Waals surface area (Å²) >= 11 is 3.45. The van der Waals surface area contributed by atoms with Crippen LogP contribution in [0.25, 0.3) is 0 Å². The molecule has 2 amide bonds. The van der Waals surface area contributed by atoms with Crippen molar-refractivity contribution in [2.75, 3.05) is 13.2 Å². The van der Waals surface area contributed by atoms with Crippen molar-refractivity contribution < 1.29 is 19.1 Å². The molecule has 29 heavy (non-hydrogen) atoms. The molecule has 2 N–H and O–H groups in total. The van der Waals surface area contributed by atoms with Crippen LogP contribution in [0.15, 0.2) is 46.9 Å². The van der Waals surface area contributed by atoms with E-state index in [9.17, 15) is 9.59 Å². The zero-order chi connectivity index (χ0) is 21.2. The first-order valence-corrected chi connectivity index (χ1v) is 10.4. The van der Waals surface area contributed by atoms with Gasteiger partial charge in [-0.25, -0.2) is 0 Å². The number of carbonyl (C=O) groups is 2. The summed E-state index contributed by atoms with van der Waals surface area (Å²) in [4.78, 5) is 24.1. The van der Waals surface area contributed by atoms with Gasteiger partial charge in [0.1, 0.15) is 11.5 Å². The Morgan fingerprint density at radius 2 is 1.76 bits per heavy atom. The van der Waals surface area contributed by atoms with Crippen LogP contribution in [0.3, 0.4) is 0 Å². The number of amides is 2. The largest absolute Gasteiger partial charge is 0.494 e. The molecule has 0 atom stereocenters. The van der Waals surface area contributed by atoms with Crippen LogP contribution in [0, 0.1) is 0 Å². The van der Waals surface area contributed by atoms with Gasteiger partial charge in [0.25, 0.3) is 11.8 Å². The minimum Gasteiger partial charge on any atom is -0.494 e. The summed E-state index contributed by atoms with van der Waals surface area (Å²) in [5.41, 5.74) is 6.31. The number of unbranched alkanes of at least 4 members (excludes halogenated alkanes) is 1. The van der Waals surface area contributed by atoms with E-state index in [4.69, 9.17) is 9.47 Å². The molecule has 7 heteroatoms. The predicted octanol–water partition coefficient (Wildman–Crippen LogP) is 4.59. The Morgan fingerprint density at radius 3 is 2.38 bits per heavy atom. The van der Waals surface area contributed by atoms with Gasteiger partial charge in [0, 0.05) is 5.56 Å². The molecule has 0 aliphatic heterocycles. The quantitative estimate of drug-likeness (QED) is 0.421. The highest BCUT2D eigenvalue weighted by Crippen LogP contribution is 2.28. The van der Waals surface area contributed by atoms with Crippen LogP contribution in [0.4, 0.5) is 0 Å². The summed E-state index contributed by atoms with van der Waals surface area (Å²) in [6.45, 7) is 6.73.